The van der Waals surface area contributed by atoms with Gasteiger partial charge in [-0.05, 0) is 19.9 Å². The zero-order valence-electron chi connectivity index (χ0n) is 13.0. The predicted octanol–water partition coefficient (Wildman–Crippen LogP) is 1.46. The van der Waals surface area contributed by atoms with Crippen molar-refractivity contribution in [1.29, 1.82) is 0 Å². The van der Waals surface area contributed by atoms with Gasteiger partial charge in [0.1, 0.15) is 12.1 Å². The number of aryl methyl sites for hydroxylation is 2. The maximum absolute atomic E-state index is 4.55. The van der Waals surface area contributed by atoms with E-state index in [9.17, 15) is 0 Å². The lowest BCUT2D eigenvalue weighted by Gasteiger charge is -2.22. The van der Waals surface area contributed by atoms with E-state index in [0.29, 0.717) is 11.8 Å². The van der Waals surface area contributed by atoms with Gasteiger partial charge in [0.15, 0.2) is 0 Å². The fraction of sp³-hybridized carbons (Fsp3) is 0.500. The summed E-state index contributed by atoms with van der Waals surface area (Å²) in [4.78, 5) is 22.3. The number of anilines is 2. The van der Waals surface area contributed by atoms with E-state index >= 15 is 0 Å². The largest absolute Gasteiger partial charge is 0.356 e. The molecule has 0 saturated carbocycles. The molecule has 2 aromatic rings. The molecule has 2 atom stereocenters. The molecule has 2 aliphatic rings. The normalized spacial score (nSPS) is 23.9. The van der Waals surface area contributed by atoms with Crippen LogP contribution in [0.2, 0.25) is 0 Å². The Kier molecular flexibility index (Phi) is 3.17. The van der Waals surface area contributed by atoms with Crippen LogP contribution in [0.1, 0.15) is 11.4 Å². The van der Waals surface area contributed by atoms with Gasteiger partial charge in [0, 0.05) is 61.7 Å². The first-order chi connectivity index (χ1) is 10.7. The zero-order valence-corrected chi connectivity index (χ0v) is 13.0. The lowest BCUT2D eigenvalue weighted by atomic mass is 10.0. The smallest absolute Gasteiger partial charge is 0.225 e. The Labute approximate surface area is 130 Å². The molecule has 2 saturated heterocycles. The van der Waals surface area contributed by atoms with E-state index in [4.69, 9.17) is 0 Å². The number of hydrogen-bond acceptors (Lipinski definition) is 6. The van der Waals surface area contributed by atoms with Crippen LogP contribution in [-0.2, 0) is 0 Å². The van der Waals surface area contributed by atoms with E-state index in [1.807, 2.05) is 26.1 Å². The minimum Gasteiger partial charge on any atom is -0.356 e. The van der Waals surface area contributed by atoms with Crippen LogP contribution in [0, 0.1) is 25.7 Å². The van der Waals surface area contributed by atoms with Crippen LogP contribution in [0.3, 0.4) is 0 Å². The van der Waals surface area contributed by atoms with E-state index < -0.39 is 0 Å². The van der Waals surface area contributed by atoms with E-state index in [2.05, 4.69) is 35.8 Å². The average Bonchev–Trinajstić information content (AvgIpc) is 3.05. The van der Waals surface area contributed by atoms with Crippen molar-refractivity contribution in [2.45, 2.75) is 13.8 Å². The van der Waals surface area contributed by atoms with Crippen LogP contribution in [0.25, 0.3) is 0 Å². The van der Waals surface area contributed by atoms with E-state index in [1.54, 1.807) is 6.33 Å². The second-order valence-corrected chi connectivity index (χ2v) is 6.35. The maximum Gasteiger partial charge on any atom is 0.225 e. The number of nitrogens with zero attached hydrogens (tertiary/aromatic N) is 6. The summed E-state index contributed by atoms with van der Waals surface area (Å²) >= 11 is 0. The minimum atomic E-state index is 0.666. The van der Waals surface area contributed by atoms with Crippen LogP contribution in [0.15, 0.2) is 24.7 Å². The highest BCUT2D eigenvalue weighted by Crippen LogP contribution is 2.34. The second-order valence-electron chi connectivity index (χ2n) is 6.35. The fourth-order valence-electron chi connectivity index (χ4n) is 3.54. The summed E-state index contributed by atoms with van der Waals surface area (Å²) in [7, 11) is 0. The van der Waals surface area contributed by atoms with Crippen molar-refractivity contribution < 1.29 is 0 Å². The number of hydrogen-bond donors (Lipinski definition) is 0. The van der Waals surface area contributed by atoms with Gasteiger partial charge in [-0.2, -0.15) is 0 Å². The molecule has 6 nitrogen and oxygen atoms in total. The monoisotopic (exact) mass is 296 g/mol. The Morgan fingerprint density at radius 2 is 1.64 bits per heavy atom. The lowest BCUT2D eigenvalue weighted by Crippen LogP contribution is -2.30. The fourth-order valence-corrected chi connectivity index (χ4v) is 3.54. The standard InChI is InChI=1S/C16H20N6/c1-11-3-4-17-16(20-11)22-8-13-6-21(7-14(13)9-22)15-5-12(2)18-10-19-15/h3-5,10,13-14H,6-9H2,1-2H3. The van der Waals surface area contributed by atoms with Crippen LogP contribution in [0.4, 0.5) is 11.8 Å². The minimum absolute atomic E-state index is 0.666. The highest BCUT2D eigenvalue weighted by molar-refractivity contribution is 5.43. The van der Waals surface area contributed by atoms with Crippen molar-refractivity contribution in [3.63, 3.8) is 0 Å². The van der Waals surface area contributed by atoms with E-state index in [0.717, 1.165) is 49.3 Å². The molecule has 0 bridgehead atoms. The Bertz CT molecular complexity index is 616. The summed E-state index contributed by atoms with van der Waals surface area (Å²) in [5.41, 5.74) is 2.05. The highest BCUT2D eigenvalue weighted by atomic mass is 15.3. The van der Waals surface area contributed by atoms with Gasteiger partial charge in [-0.1, -0.05) is 0 Å². The Morgan fingerprint density at radius 1 is 0.909 bits per heavy atom. The van der Waals surface area contributed by atoms with E-state index in [-0.39, 0.29) is 0 Å². The summed E-state index contributed by atoms with van der Waals surface area (Å²) in [6.07, 6.45) is 3.51. The van der Waals surface area contributed by atoms with Crippen LogP contribution in [0.5, 0.6) is 0 Å². The Morgan fingerprint density at radius 3 is 2.32 bits per heavy atom. The molecule has 4 rings (SSSR count). The molecule has 0 aliphatic carbocycles. The van der Waals surface area contributed by atoms with Crippen molar-refractivity contribution in [2.24, 2.45) is 11.8 Å². The van der Waals surface area contributed by atoms with Gasteiger partial charge in [0.2, 0.25) is 5.95 Å². The number of aromatic nitrogens is 4. The highest BCUT2D eigenvalue weighted by Gasteiger charge is 2.41. The summed E-state index contributed by atoms with van der Waals surface area (Å²) in [5, 5.41) is 0. The molecule has 6 heteroatoms. The SMILES string of the molecule is Cc1cc(N2CC3CN(c4nccc(C)n4)CC3C2)ncn1. The molecule has 0 aromatic carbocycles. The third-order valence-electron chi connectivity index (χ3n) is 4.66. The molecule has 2 aliphatic heterocycles. The molecule has 114 valence electrons. The zero-order chi connectivity index (χ0) is 15.1. The predicted molar refractivity (Wildman–Crippen MR) is 84.9 cm³/mol. The molecule has 0 amide bonds. The molecule has 0 radical (unpaired) electrons. The molecule has 2 unspecified atom stereocenters. The van der Waals surface area contributed by atoms with Crippen LogP contribution < -0.4 is 9.80 Å². The topological polar surface area (TPSA) is 58.0 Å². The molecule has 4 heterocycles. The molecule has 22 heavy (non-hydrogen) atoms. The molecular weight excluding hydrogens is 276 g/mol. The molecule has 0 N–H and O–H groups in total. The molecule has 2 aromatic heterocycles. The first kappa shape index (κ1) is 13.4. The Balaban J connectivity index is 1.46. The average molecular weight is 296 g/mol. The first-order valence-electron chi connectivity index (χ1n) is 7.77. The first-order valence-corrected chi connectivity index (χ1v) is 7.77. The summed E-state index contributed by atoms with van der Waals surface area (Å²) < 4.78 is 0. The van der Waals surface area contributed by atoms with Gasteiger partial charge >= 0.3 is 0 Å². The summed E-state index contributed by atoms with van der Waals surface area (Å²) in [5.74, 6) is 3.26. The van der Waals surface area contributed by atoms with Crippen LogP contribution in [-0.4, -0.2) is 46.1 Å². The van der Waals surface area contributed by atoms with Crippen molar-refractivity contribution in [3.05, 3.63) is 36.0 Å². The molecule has 2 fully saturated rings. The molecule has 0 spiro atoms. The van der Waals surface area contributed by atoms with E-state index in [1.165, 1.54) is 0 Å². The molecular formula is C16H20N6. The summed E-state index contributed by atoms with van der Waals surface area (Å²) in [6.45, 7) is 8.22. The maximum atomic E-state index is 4.55. The van der Waals surface area contributed by atoms with Gasteiger partial charge in [-0.3, -0.25) is 0 Å². The van der Waals surface area contributed by atoms with Gasteiger partial charge in [-0.15, -0.1) is 0 Å². The second kappa shape index (κ2) is 5.19. The number of fused-ring (bicyclic) bond motifs is 1. The quantitative estimate of drug-likeness (QED) is 0.836. The Hall–Kier alpha value is -2.24. The summed E-state index contributed by atoms with van der Waals surface area (Å²) in [6, 6.07) is 4.02. The third-order valence-corrected chi connectivity index (χ3v) is 4.66. The van der Waals surface area contributed by atoms with Crippen molar-refractivity contribution in [3.8, 4) is 0 Å². The van der Waals surface area contributed by atoms with Gasteiger partial charge in [-0.25, -0.2) is 19.9 Å². The van der Waals surface area contributed by atoms with Crippen molar-refractivity contribution in [2.75, 3.05) is 36.0 Å². The van der Waals surface area contributed by atoms with Crippen LogP contribution >= 0.6 is 0 Å². The number of rotatable bonds is 2. The van der Waals surface area contributed by atoms with Gasteiger partial charge in [0.05, 0.1) is 0 Å². The van der Waals surface area contributed by atoms with Crippen molar-refractivity contribution in [1.82, 2.24) is 19.9 Å². The van der Waals surface area contributed by atoms with Crippen molar-refractivity contribution >= 4 is 11.8 Å². The lowest BCUT2D eigenvalue weighted by molar-refractivity contribution is 0.533. The third kappa shape index (κ3) is 2.38. The van der Waals surface area contributed by atoms with Gasteiger partial charge in [0.25, 0.3) is 0 Å². The van der Waals surface area contributed by atoms with Gasteiger partial charge < -0.3 is 9.80 Å².